The number of carbonyl (C=O) groups is 2. The minimum absolute atomic E-state index is 0.00743. The van der Waals surface area contributed by atoms with E-state index in [1.807, 2.05) is 48.5 Å². The van der Waals surface area contributed by atoms with Crippen molar-refractivity contribution in [1.29, 1.82) is 0 Å². The number of nitrogens with two attached hydrogens (primary N) is 1. The van der Waals surface area contributed by atoms with E-state index in [0.29, 0.717) is 0 Å². The van der Waals surface area contributed by atoms with Crippen molar-refractivity contribution in [3.63, 3.8) is 0 Å². The van der Waals surface area contributed by atoms with Gasteiger partial charge in [-0.05, 0) is 39.9 Å². The molecule has 0 radical (unpaired) electrons. The Bertz CT molecular complexity index is 1070. The van der Waals surface area contributed by atoms with E-state index < -0.39 is 29.7 Å². The van der Waals surface area contributed by atoms with Gasteiger partial charge < -0.3 is 15.6 Å². The highest BCUT2D eigenvalue weighted by atomic mass is 19.1. The molecule has 0 bridgehead atoms. The van der Waals surface area contributed by atoms with Crippen molar-refractivity contribution >= 4 is 11.9 Å². The lowest BCUT2D eigenvalue weighted by molar-refractivity contribution is -0.160. The zero-order valence-corrected chi connectivity index (χ0v) is 16.0. The number of fused-ring (bicyclic) bond motifs is 3. The van der Waals surface area contributed by atoms with E-state index in [4.69, 9.17) is 10.5 Å². The van der Waals surface area contributed by atoms with Crippen molar-refractivity contribution in [3.05, 3.63) is 95.3 Å². The van der Waals surface area contributed by atoms with E-state index >= 15 is 0 Å². The van der Waals surface area contributed by atoms with E-state index in [2.05, 4.69) is 0 Å². The van der Waals surface area contributed by atoms with Crippen LogP contribution in [0.15, 0.2) is 72.8 Å². The van der Waals surface area contributed by atoms with Crippen LogP contribution in [0.4, 0.5) is 4.39 Å². The highest BCUT2D eigenvalue weighted by Gasteiger charge is 2.37. The number of carboxylic acid groups (broad SMARTS) is 1. The third kappa shape index (κ3) is 3.57. The van der Waals surface area contributed by atoms with Gasteiger partial charge >= 0.3 is 11.9 Å². The number of rotatable bonds is 6. The summed E-state index contributed by atoms with van der Waals surface area (Å²) in [5.74, 6) is -4.75. The summed E-state index contributed by atoms with van der Waals surface area (Å²) in [7, 11) is 0. The number of carbonyl (C=O) groups excluding carboxylic acids is 1. The lowest BCUT2D eigenvalue weighted by atomic mass is 9.93. The van der Waals surface area contributed by atoms with Gasteiger partial charge in [-0.1, -0.05) is 60.7 Å². The molecule has 30 heavy (non-hydrogen) atoms. The third-order valence-electron chi connectivity index (χ3n) is 5.47. The molecule has 3 N–H and O–H groups in total. The molecule has 0 saturated heterocycles. The van der Waals surface area contributed by atoms with Crippen LogP contribution in [0.25, 0.3) is 11.1 Å². The van der Waals surface area contributed by atoms with E-state index in [0.717, 1.165) is 28.3 Å². The van der Waals surface area contributed by atoms with Gasteiger partial charge in [0.25, 0.3) is 0 Å². The van der Waals surface area contributed by atoms with Gasteiger partial charge in [0.1, 0.15) is 12.4 Å². The molecule has 0 saturated carbocycles. The van der Waals surface area contributed by atoms with Crippen molar-refractivity contribution < 1.29 is 23.8 Å². The Hall–Kier alpha value is -3.51. The monoisotopic (exact) mass is 405 g/mol. The van der Waals surface area contributed by atoms with Crippen LogP contribution in [0.5, 0.6) is 0 Å². The quantitative estimate of drug-likeness (QED) is 0.480. The maximum atomic E-state index is 13.5. The Kier molecular flexibility index (Phi) is 5.33. The summed E-state index contributed by atoms with van der Waals surface area (Å²) in [6.45, 7) is -0.00743. The first kappa shape index (κ1) is 19.8. The molecule has 1 aliphatic carbocycles. The number of hydrogen-bond donors (Lipinski definition) is 2. The Labute approximate surface area is 172 Å². The fourth-order valence-corrected chi connectivity index (χ4v) is 4.00. The molecule has 0 heterocycles. The summed E-state index contributed by atoms with van der Waals surface area (Å²) in [6, 6.07) is 19.7. The maximum Gasteiger partial charge on any atom is 0.322 e. The smallest absolute Gasteiger partial charge is 0.322 e. The van der Waals surface area contributed by atoms with Crippen LogP contribution >= 0.6 is 0 Å². The van der Waals surface area contributed by atoms with Crippen LogP contribution in [-0.4, -0.2) is 23.7 Å². The van der Waals surface area contributed by atoms with E-state index in [-0.39, 0.29) is 18.1 Å². The summed E-state index contributed by atoms with van der Waals surface area (Å²) in [6.07, 6.45) is 0. The molecule has 0 aromatic heterocycles. The number of hydrogen-bond acceptors (Lipinski definition) is 4. The molecule has 0 fully saturated rings. The van der Waals surface area contributed by atoms with Gasteiger partial charge in [-0.25, -0.2) is 4.39 Å². The molecular weight excluding hydrogens is 385 g/mol. The number of halogens is 1. The minimum Gasteiger partial charge on any atom is -0.481 e. The second-order valence-electron chi connectivity index (χ2n) is 7.25. The van der Waals surface area contributed by atoms with E-state index in [1.165, 1.54) is 18.2 Å². The van der Waals surface area contributed by atoms with Gasteiger partial charge in [0.15, 0.2) is 5.92 Å². The van der Waals surface area contributed by atoms with E-state index in [9.17, 15) is 19.1 Å². The summed E-state index contributed by atoms with van der Waals surface area (Å²) in [5, 5.41) is 9.58. The van der Waals surface area contributed by atoms with Crippen LogP contribution in [0.2, 0.25) is 0 Å². The highest BCUT2D eigenvalue weighted by molar-refractivity contribution is 5.95. The minimum atomic E-state index is -1.64. The largest absolute Gasteiger partial charge is 0.481 e. The fourth-order valence-electron chi connectivity index (χ4n) is 4.00. The van der Waals surface area contributed by atoms with Crippen LogP contribution in [0.3, 0.4) is 0 Å². The lowest BCUT2D eigenvalue weighted by Gasteiger charge is -2.21. The van der Waals surface area contributed by atoms with Gasteiger partial charge in [0, 0.05) is 5.92 Å². The van der Waals surface area contributed by atoms with Gasteiger partial charge in [-0.3, -0.25) is 9.59 Å². The van der Waals surface area contributed by atoms with Crippen molar-refractivity contribution in [2.24, 2.45) is 11.7 Å². The standard InChI is InChI=1S/C24H20FNO4/c25-15-7-5-6-14(12-15)22(26)21(23(27)28)24(29)30-13-20-18-10-3-1-8-16(18)17-9-2-4-11-19(17)20/h1-12,20-22H,13,26H2,(H,27,28). The zero-order valence-electron chi connectivity index (χ0n) is 16.0. The lowest BCUT2D eigenvalue weighted by Crippen LogP contribution is -2.36. The Balaban J connectivity index is 1.55. The van der Waals surface area contributed by atoms with Crippen molar-refractivity contribution in [3.8, 4) is 11.1 Å². The molecule has 2 atom stereocenters. The average molecular weight is 405 g/mol. The molecule has 6 heteroatoms. The van der Waals surface area contributed by atoms with E-state index in [1.54, 1.807) is 0 Å². The predicted octanol–water partition coefficient (Wildman–Crippen LogP) is 3.88. The highest BCUT2D eigenvalue weighted by Crippen LogP contribution is 2.44. The molecule has 5 nitrogen and oxygen atoms in total. The van der Waals surface area contributed by atoms with Gasteiger partial charge in [0.2, 0.25) is 0 Å². The zero-order chi connectivity index (χ0) is 21.3. The number of aliphatic carboxylic acids is 1. The Morgan fingerprint density at radius 1 is 0.967 bits per heavy atom. The normalized spacial score (nSPS) is 14.5. The van der Waals surface area contributed by atoms with Gasteiger partial charge in [-0.2, -0.15) is 0 Å². The molecule has 4 rings (SSSR count). The number of carboxylic acids is 1. The molecule has 0 aliphatic heterocycles. The van der Waals surface area contributed by atoms with Gasteiger partial charge in [-0.15, -0.1) is 0 Å². The molecule has 3 aromatic rings. The first-order chi connectivity index (χ1) is 14.5. The van der Waals surface area contributed by atoms with Crippen molar-refractivity contribution in [2.45, 2.75) is 12.0 Å². The van der Waals surface area contributed by atoms with Gasteiger partial charge in [0.05, 0.1) is 6.04 Å². The summed E-state index contributed by atoms with van der Waals surface area (Å²) in [5.41, 5.74) is 10.4. The number of benzene rings is 3. The molecule has 1 aliphatic rings. The summed E-state index contributed by atoms with van der Waals surface area (Å²) >= 11 is 0. The molecule has 3 aromatic carbocycles. The average Bonchev–Trinajstić information content (AvgIpc) is 3.06. The molecule has 0 amide bonds. The molecule has 0 spiro atoms. The maximum absolute atomic E-state index is 13.5. The summed E-state index contributed by atoms with van der Waals surface area (Å²) < 4.78 is 19.0. The second kappa shape index (κ2) is 8.08. The van der Waals surface area contributed by atoms with Crippen LogP contribution in [-0.2, 0) is 14.3 Å². The summed E-state index contributed by atoms with van der Waals surface area (Å²) in [4.78, 5) is 24.4. The first-order valence-corrected chi connectivity index (χ1v) is 9.56. The predicted molar refractivity (Wildman–Crippen MR) is 109 cm³/mol. The van der Waals surface area contributed by atoms with Crippen molar-refractivity contribution in [2.75, 3.05) is 6.61 Å². The topological polar surface area (TPSA) is 89.6 Å². The fraction of sp³-hybridized carbons (Fsp3) is 0.167. The molecule has 152 valence electrons. The first-order valence-electron chi connectivity index (χ1n) is 9.56. The Morgan fingerprint density at radius 3 is 2.13 bits per heavy atom. The van der Waals surface area contributed by atoms with Crippen molar-refractivity contribution in [1.82, 2.24) is 0 Å². The third-order valence-corrected chi connectivity index (χ3v) is 5.47. The number of esters is 1. The van der Waals surface area contributed by atoms with Crippen LogP contribution in [0.1, 0.15) is 28.7 Å². The SMILES string of the molecule is NC(c1cccc(F)c1)C(C(=O)O)C(=O)OCC1c2ccccc2-c2ccccc21. The Morgan fingerprint density at radius 2 is 1.57 bits per heavy atom. The second-order valence-corrected chi connectivity index (χ2v) is 7.25. The van der Waals surface area contributed by atoms with Crippen LogP contribution in [0, 0.1) is 11.7 Å². The number of ether oxygens (including phenoxy) is 1. The molecular formula is C24H20FNO4. The molecule has 2 unspecified atom stereocenters. The van der Waals surface area contributed by atoms with Crippen LogP contribution < -0.4 is 5.73 Å².